The first-order valence-electron chi connectivity index (χ1n) is 3.92. The number of alkyl halides is 3. The lowest BCUT2D eigenvalue weighted by molar-refractivity contribution is -0.137. The zero-order valence-electron chi connectivity index (χ0n) is 7.86. The molecule has 0 aliphatic heterocycles. The van der Waals surface area contributed by atoms with Gasteiger partial charge in [0.1, 0.15) is 5.82 Å². The van der Waals surface area contributed by atoms with Gasteiger partial charge in [0.2, 0.25) is 0 Å². The lowest BCUT2D eigenvalue weighted by Crippen LogP contribution is -2.11. The molecule has 0 radical (unpaired) electrons. The van der Waals surface area contributed by atoms with Crippen LogP contribution in [0.2, 0.25) is 5.02 Å². The molecule has 2 nitrogen and oxygen atoms in total. The van der Waals surface area contributed by atoms with Gasteiger partial charge in [-0.1, -0.05) is 11.6 Å². The molecule has 0 aromatic heterocycles. The average molecular weight is 257 g/mol. The molecule has 0 bridgehead atoms. The maximum atomic E-state index is 12.9. The molecule has 1 rings (SSSR count). The first-order chi connectivity index (χ1) is 7.27. The van der Waals surface area contributed by atoms with Gasteiger partial charge >= 0.3 is 12.1 Å². The minimum Gasteiger partial charge on any atom is -0.465 e. The van der Waals surface area contributed by atoms with E-state index in [0.29, 0.717) is 6.07 Å². The van der Waals surface area contributed by atoms with Gasteiger partial charge < -0.3 is 4.74 Å². The number of hydrogen-bond acceptors (Lipinski definition) is 2. The molecule has 0 heterocycles. The van der Waals surface area contributed by atoms with E-state index in [9.17, 15) is 22.4 Å². The summed E-state index contributed by atoms with van der Waals surface area (Å²) in [5.41, 5.74) is -2.06. The minimum absolute atomic E-state index is 0.217. The maximum absolute atomic E-state index is 12.9. The Labute approximate surface area is 92.8 Å². The van der Waals surface area contributed by atoms with Crippen molar-refractivity contribution in [3.8, 4) is 0 Å². The van der Waals surface area contributed by atoms with Crippen molar-refractivity contribution in [2.24, 2.45) is 0 Å². The van der Waals surface area contributed by atoms with Gasteiger partial charge in [-0.3, -0.25) is 0 Å². The quantitative estimate of drug-likeness (QED) is 0.569. The number of methoxy groups -OCH3 is 1. The Morgan fingerprint density at radius 1 is 1.38 bits per heavy atom. The number of carbonyl (C=O) groups is 1. The summed E-state index contributed by atoms with van der Waals surface area (Å²) in [7, 11) is 0.955. The molecule has 0 amide bonds. The highest BCUT2D eigenvalue weighted by Crippen LogP contribution is 2.37. The highest BCUT2D eigenvalue weighted by atomic mass is 35.5. The molecule has 88 valence electrons. The second-order valence-corrected chi connectivity index (χ2v) is 3.18. The maximum Gasteiger partial charge on any atom is 0.417 e. The first-order valence-corrected chi connectivity index (χ1v) is 4.29. The van der Waals surface area contributed by atoms with Crippen molar-refractivity contribution in [2.45, 2.75) is 6.18 Å². The van der Waals surface area contributed by atoms with E-state index in [1.54, 1.807) is 0 Å². The van der Waals surface area contributed by atoms with Gasteiger partial charge in [-0.05, 0) is 12.1 Å². The van der Waals surface area contributed by atoms with Crippen LogP contribution in [-0.4, -0.2) is 13.1 Å². The Bertz CT molecular complexity index is 428. The Morgan fingerprint density at radius 3 is 2.38 bits per heavy atom. The average Bonchev–Trinajstić information content (AvgIpc) is 2.18. The summed E-state index contributed by atoms with van der Waals surface area (Å²) in [5, 5.41) is -0.874. The Balaban J connectivity index is 3.44. The summed E-state index contributed by atoms with van der Waals surface area (Å²) in [6, 6.07) is 0.804. The topological polar surface area (TPSA) is 26.3 Å². The Morgan fingerprint density at radius 2 is 1.94 bits per heavy atom. The molecule has 0 spiro atoms. The fraction of sp³-hybridized carbons (Fsp3) is 0.222. The third-order valence-corrected chi connectivity index (χ3v) is 2.16. The van der Waals surface area contributed by atoms with Crippen molar-refractivity contribution in [2.75, 3.05) is 7.11 Å². The van der Waals surface area contributed by atoms with Crippen LogP contribution in [0.15, 0.2) is 12.1 Å². The molecule has 0 saturated heterocycles. The molecule has 0 N–H and O–H groups in total. The van der Waals surface area contributed by atoms with E-state index in [4.69, 9.17) is 11.6 Å². The van der Waals surface area contributed by atoms with Gasteiger partial charge in [0.05, 0.1) is 23.3 Å². The lowest BCUT2D eigenvalue weighted by Gasteiger charge is -2.11. The molecule has 1 aromatic carbocycles. The van der Waals surface area contributed by atoms with E-state index in [1.165, 1.54) is 0 Å². The normalized spacial score (nSPS) is 11.4. The highest BCUT2D eigenvalue weighted by molar-refractivity contribution is 6.34. The predicted octanol–water partition coefficient (Wildman–Crippen LogP) is 3.28. The number of benzene rings is 1. The van der Waals surface area contributed by atoms with Gasteiger partial charge in [0, 0.05) is 0 Å². The third-order valence-electron chi connectivity index (χ3n) is 1.75. The molecule has 1 aromatic rings. The summed E-state index contributed by atoms with van der Waals surface area (Å²) < 4.78 is 54.2. The predicted molar refractivity (Wildman–Crippen MR) is 47.8 cm³/mol. The van der Waals surface area contributed by atoms with E-state index in [2.05, 4.69) is 4.74 Å². The molecule has 0 unspecified atom stereocenters. The van der Waals surface area contributed by atoms with Crippen LogP contribution in [0.1, 0.15) is 15.9 Å². The number of esters is 1. The second kappa shape index (κ2) is 4.29. The minimum atomic E-state index is -4.83. The van der Waals surface area contributed by atoms with Gasteiger partial charge in [-0.15, -0.1) is 0 Å². The van der Waals surface area contributed by atoms with Crippen molar-refractivity contribution >= 4 is 17.6 Å². The fourth-order valence-corrected chi connectivity index (χ4v) is 1.35. The number of hydrogen-bond donors (Lipinski definition) is 0. The van der Waals surface area contributed by atoms with Crippen LogP contribution in [0.3, 0.4) is 0 Å². The van der Waals surface area contributed by atoms with Crippen molar-refractivity contribution in [1.29, 1.82) is 0 Å². The molecular formula is C9H5ClF4O2. The first kappa shape index (κ1) is 12.8. The van der Waals surface area contributed by atoms with Crippen LogP contribution in [-0.2, 0) is 10.9 Å². The van der Waals surface area contributed by atoms with E-state index < -0.39 is 34.1 Å². The molecular weight excluding hydrogens is 252 g/mol. The van der Waals surface area contributed by atoms with E-state index >= 15 is 0 Å². The van der Waals surface area contributed by atoms with Gasteiger partial charge in [-0.25, -0.2) is 9.18 Å². The number of rotatable bonds is 1. The summed E-state index contributed by atoms with van der Waals surface area (Å²) in [5.74, 6) is -2.34. The summed E-state index contributed by atoms with van der Waals surface area (Å²) in [4.78, 5) is 11.0. The van der Waals surface area contributed by atoms with Gasteiger partial charge in [0.15, 0.2) is 0 Å². The van der Waals surface area contributed by atoms with Gasteiger partial charge in [-0.2, -0.15) is 13.2 Å². The van der Waals surface area contributed by atoms with Crippen molar-refractivity contribution in [3.05, 3.63) is 34.1 Å². The van der Waals surface area contributed by atoms with Crippen LogP contribution >= 0.6 is 11.6 Å². The van der Waals surface area contributed by atoms with E-state index in [-0.39, 0.29) is 6.07 Å². The van der Waals surface area contributed by atoms with Crippen molar-refractivity contribution < 1.29 is 27.1 Å². The molecule has 0 aliphatic rings. The molecule has 0 fully saturated rings. The van der Waals surface area contributed by atoms with Crippen LogP contribution < -0.4 is 0 Å². The fourth-order valence-electron chi connectivity index (χ4n) is 1.05. The number of halogens is 5. The van der Waals surface area contributed by atoms with Crippen LogP contribution in [0.25, 0.3) is 0 Å². The molecule has 0 atom stereocenters. The molecule has 0 aliphatic carbocycles. The smallest absolute Gasteiger partial charge is 0.417 e. The monoisotopic (exact) mass is 256 g/mol. The third kappa shape index (κ3) is 2.44. The SMILES string of the molecule is COC(=O)c1cc(F)cc(C(F)(F)F)c1Cl. The van der Waals surface area contributed by atoms with Crippen LogP contribution in [0.5, 0.6) is 0 Å². The molecule has 7 heteroatoms. The van der Waals surface area contributed by atoms with E-state index in [1.807, 2.05) is 0 Å². The zero-order valence-corrected chi connectivity index (χ0v) is 8.62. The van der Waals surface area contributed by atoms with Crippen molar-refractivity contribution in [1.82, 2.24) is 0 Å². The number of carbonyl (C=O) groups excluding carboxylic acids is 1. The standard InChI is InChI=1S/C9H5ClF4O2/c1-16-8(15)5-2-4(11)3-6(7(5)10)9(12,13)14/h2-3H,1H3. The largest absolute Gasteiger partial charge is 0.465 e. The molecule has 0 saturated carbocycles. The number of ether oxygens (including phenoxy) is 1. The van der Waals surface area contributed by atoms with Crippen LogP contribution in [0, 0.1) is 5.82 Å². The van der Waals surface area contributed by atoms with Gasteiger partial charge in [0.25, 0.3) is 0 Å². The molecule has 16 heavy (non-hydrogen) atoms. The Kier molecular flexibility index (Phi) is 3.42. The van der Waals surface area contributed by atoms with E-state index in [0.717, 1.165) is 7.11 Å². The Hall–Kier alpha value is -1.30. The second-order valence-electron chi connectivity index (χ2n) is 2.80. The zero-order chi connectivity index (χ0) is 12.5. The van der Waals surface area contributed by atoms with Crippen molar-refractivity contribution in [3.63, 3.8) is 0 Å². The van der Waals surface area contributed by atoms with Crippen LogP contribution in [0.4, 0.5) is 17.6 Å². The highest BCUT2D eigenvalue weighted by Gasteiger charge is 2.35. The summed E-state index contributed by atoms with van der Waals surface area (Å²) >= 11 is 5.35. The lowest BCUT2D eigenvalue weighted by atomic mass is 10.1. The summed E-state index contributed by atoms with van der Waals surface area (Å²) in [6.07, 6.45) is -4.83. The summed E-state index contributed by atoms with van der Waals surface area (Å²) in [6.45, 7) is 0.